The maximum atomic E-state index is 4.40. The van der Waals surface area contributed by atoms with Gasteiger partial charge in [-0.2, -0.15) is 0 Å². The number of aryl methyl sites for hydroxylation is 2. The first-order valence-corrected chi connectivity index (χ1v) is 6.47. The number of rotatable bonds is 3. The summed E-state index contributed by atoms with van der Waals surface area (Å²) in [5.74, 6) is 0.950. The summed E-state index contributed by atoms with van der Waals surface area (Å²) in [4.78, 5) is 7.66. The predicted octanol–water partition coefficient (Wildman–Crippen LogP) is 3.79. The molecule has 0 aliphatic rings. The number of H-pyrrole nitrogens is 1. The van der Waals surface area contributed by atoms with E-state index in [-0.39, 0.29) is 0 Å². The Bertz CT molecular complexity index is 713. The summed E-state index contributed by atoms with van der Waals surface area (Å²) in [5, 5.41) is 3.46. The van der Waals surface area contributed by atoms with E-state index in [0.717, 1.165) is 29.1 Å². The van der Waals surface area contributed by atoms with E-state index in [4.69, 9.17) is 0 Å². The quantitative estimate of drug-likeness (QED) is 0.743. The van der Waals surface area contributed by atoms with Gasteiger partial charge in [-0.1, -0.05) is 24.3 Å². The molecule has 0 amide bonds. The Labute approximate surface area is 112 Å². The minimum atomic E-state index is 0.839. The first-order valence-electron chi connectivity index (χ1n) is 6.47. The number of hydrogen-bond acceptors (Lipinski definition) is 2. The second-order valence-corrected chi connectivity index (χ2v) is 4.83. The first kappa shape index (κ1) is 11.8. The van der Waals surface area contributed by atoms with E-state index in [2.05, 4.69) is 58.6 Å². The maximum absolute atomic E-state index is 4.40. The van der Waals surface area contributed by atoms with E-state index in [9.17, 15) is 0 Å². The van der Waals surface area contributed by atoms with Crippen LogP contribution in [0, 0.1) is 13.8 Å². The van der Waals surface area contributed by atoms with Gasteiger partial charge in [0.15, 0.2) is 0 Å². The molecule has 0 fully saturated rings. The topological polar surface area (TPSA) is 40.7 Å². The van der Waals surface area contributed by atoms with Crippen molar-refractivity contribution in [2.24, 2.45) is 0 Å². The van der Waals surface area contributed by atoms with E-state index in [1.54, 1.807) is 0 Å². The standard InChI is InChI=1S/C16H17N3/c1-11-5-3-4-6-13(11)10-17-14-7-8-15-16(9-14)19-12(2)18-15/h3-9,17H,10H2,1-2H3,(H,18,19). The summed E-state index contributed by atoms with van der Waals surface area (Å²) < 4.78 is 0. The highest BCUT2D eigenvalue weighted by atomic mass is 14.9. The van der Waals surface area contributed by atoms with Crippen LogP contribution in [-0.4, -0.2) is 9.97 Å². The van der Waals surface area contributed by atoms with Crippen molar-refractivity contribution in [3.63, 3.8) is 0 Å². The lowest BCUT2D eigenvalue weighted by Gasteiger charge is -2.08. The van der Waals surface area contributed by atoms with Gasteiger partial charge in [-0.15, -0.1) is 0 Å². The number of nitrogens with one attached hydrogen (secondary N) is 2. The monoisotopic (exact) mass is 251 g/mol. The molecule has 19 heavy (non-hydrogen) atoms. The van der Waals surface area contributed by atoms with Crippen LogP contribution in [0.2, 0.25) is 0 Å². The van der Waals surface area contributed by atoms with E-state index < -0.39 is 0 Å². The van der Waals surface area contributed by atoms with Crippen molar-refractivity contribution < 1.29 is 0 Å². The molecule has 0 aliphatic carbocycles. The van der Waals surface area contributed by atoms with Gasteiger partial charge in [0, 0.05) is 12.2 Å². The Kier molecular flexibility index (Phi) is 2.95. The van der Waals surface area contributed by atoms with Crippen LogP contribution in [0.5, 0.6) is 0 Å². The van der Waals surface area contributed by atoms with Gasteiger partial charge in [-0.05, 0) is 43.2 Å². The fourth-order valence-corrected chi connectivity index (χ4v) is 2.25. The highest BCUT2D eigenvalue weighted by molar-refractivity contribution is 5.79. The molecule has 3 heteroatoms. The van der Waals surface area contributed by atoms with Crippen molar-refractivity contribution in [2.75, 3.05) is 5.32 Å². The van der Waals surface area contributed by atoms with Gasteiger partial charge in [0.25, 0.3) is 0 Å². The number of nitrogens with zero attached hydrogens (tertiary/aromatic N) is 1. The molecule has 0 saturated carbocycles. The molecule has 1 heterocycles. The Balaban J connectivity index is 1.80. The molecule has 0 aliphatic heterocycles. The van der Waals surface area contributed by atoms with Gasteiger partial charge in [0.05, 0.1) is 11.0 Å². The second-order valence-electron chi connectivity index (χ2n) is 4.83. The lowest BCUT2D eigenvalue weighted by Crippen LogP contribution is -2.00. The van der Waals surface area contributed by atoms with Crippen LogP contribution < -0.4 is 5.32 Å². The van der Waals surface area contributed by atoms with Crippen molar-refractivity contribution in [1.29, 1.82) is 0 Å². The van der Waals surface area contributed by atoms with Crippen LogP contribution in [0.4, 0.5) is 5.69 Å². The second kappa shape index (κ2) is 4.76. The normalized spacial score (nSPS) is 10.8. The largest absolute Gasteiger partial charge is 0.381 e. The first-order chi connectivity index (χ1) is 9.22. The third kappa shape index (κ3) is 2.45. The third-order valence-electron chi connectivity index (χ3n) is 3.34. The lowest BCUT2D eigenvalue weighted by molar-refractivity contribution is 1.12. The van der Waals surface area contributed by atoms with Crippen LogP contribution in [0.1, 0.15) is 17.0 Å². The van der Waals surface area contributed by atoms with Crippen LogP contribution in [0.3, 0.4) is 0 Å². The van der Waals surface area contributed by atoms with Crippen LogP contribution in [-0.2, 0) is 6.54 Å². The number of anilines is 1. The molecule has 0 saturated heterocycles. The van der Waals surface area contributed by atoms with Gasteiger partial charge in [0.2, 0.25) is 0 Å². The minimum Gasteiger partial charge on any atom is -0.381 e. The highest BCUT2D eigenvalue weighted by Crippen LogP contribution is 2.18. The van der Waals surface area contributed by atoms with Gasteiger partial charge in [-0.25, -0.2) is 4.98 Å². The highest BCUT2D eigenvalue weighted by Gasteiger charge is 2.01. The summed E-state index contributed by atoms with van der Waals surface area (Å²) >= 11 is 0. The summed E-state index contributed by atoms with van der Waals surface area (Å²) in [6.45, 7) is 4.95. The van der Waals surface area contributed by atoms with Crippen molar-refractivity contribution in [3.8, 4) is 0 Å². The Morgan fingerprint density at radius 2 is 1.95 bits per heavy atom. The van der Waals surface area contributed by atoms with E-state index in [1.165, 1.54) is 11.1 Å². The van der Waals surface area contributed by atoms with Gasteiger partial charge >= 0.3 is 0 Å². The molecule has 0 unspecified atom stereocenters. The van der Waals surface area contributed by atoms with Crippen LogP contribution in [0.25, 0.3) is 11.0 Å². The van der Waals surface area contributed by atoms with Gasteiger partial charge in [0.1, 0.15) is 5.82 Å². The van der Waals surface area contributed by atoms with E-state index in [1.807, 2.05) is 13.0 Å². The number of imidazole rings is 1. The number of aromatic nitrogens is 2. The molecule has 3 aromatic rings. The minimum absolute atomic E-state index is 0.839. The maximum Gasteiger partial charge on any atom is 0.104 e. The number of hydrogen-bond donors (Lipinski definition) is 2. The fourth-order valence-electron chi connectivity index (χ4n) is 2.25. The van der Waals surface area contributed by atoms with Gasteiger partial charge in [-0.3, -0.25) is 0 Å². The van der Waals surface area contributed by atoms with Crippen LogP contribution >= 0.6 is 0 Å². The molecule has 0 atom stereocenters. The fraction of sp³-hybridized carbons (Fsp3) is 0.188. The molecule has 0 spiro atoms. The van der Waals surface area contributed by atoms with Crippen molar-refractivity contribution in [3.05, 3.63) is 59.4 Å². The third-order valence-corrected chi connectivity index (χ3v) is 3.34. The Morgan fingerprint density at radius 3 is 2.79 bits per heavy atom. The van der Waals surface area contributed by atoms with Crippen molar-refractivity contribution >= 4 is 16.7 Å². The zero-order valence-electron chi connectivity index (χ0n) is 11.2. The van der Waals surface area contributed by atoms with Crippen molar-refractivity contribution in [1.82, 2.24) is 9.97 Å². The molecule has 0 bridgehead atoms. The molecule has 3 rings (SSSR count). The smallest absolute Gasteiger partial charge is 0.104 e. The number of benzene rings is 2. The molecule has 96 valence electrons. The molecule has 0 radical (unpaired) electrons. The molecular formula is C16H17N3. The molecule has 3 nitrogen and oxygen atoms in total. The Morgan fingerprint density at radius 1 is 1.11 bits per heavy atom. The number of aromatic amines is 1. The van der Waals surface area contributed by atoms with E-state index >= 15 is 0 Å². The molecular weight excluding hydrogens is 234 g/mol. The average Bonchev–Trinajstić information content (AvgIpc) is 2.77. The molecule has 2 N–H and O–H groups in total. The molecule has 2 aromatic carbocycles. The SMILES string of the molecule is Cc1nc2ccc(NCc3ccccc3C)cc2[nH]1. The lowest BCUT2D eigenvalue weighted by atomic mass is 10.1. The summed E-state index contributed by atoms with van der Waals surface area (Å²) in [6.07, 6.45) is 0. The van der Waals surface area contributed by atoms with Crippen LogP contribution in [0.15, 0.2) is 42.5 Å². The predicted molar refractivity (Wildman–Crippen MR) is 79.3 cm³/mol. The number of fused-ring (bicyclic) bond motifs is 1. The zero-order chi connectivity index (χ0) is 13.2. The molecule has 1 aromatic heterocycles. The average molecular weight is 251 g/mol. The summed E-state index contributed by atoms with van der Waals surface area (Å²) in [5.41, 5.74) is 5.84. The van der Waals surface area contributed by atoms with Crippen molar-refractivity contribution in [2.45, 2.75) is 20.4 Å². The zero-order valence-corrected chi connectivity index (χ0v) is 11.2. The van der Waals surface area contributed by atoms with E-state index in [0.29, 0.717) is 0 Å². The Hall–Kier alpha value is -2.29. The van der Waals surface area contributed by atoms with Gasteiger partial charge < -0.3 is 10.3 Å². The summed E-state index contributed by atoms with van der Waals surface area (Å²) in [6, 6.07) is 14.6. The summed E-state index contributed by atoms with van der Waals surface area (Å²) in [7, 11) is 0.